The van der Waals surface area contributed by atoms with Crippen LogP contribution in [-0.4, -0.2) is 39.1 Å². The summed E-state index contributed by atoms with van der Waals surface area (Å²) in [5, 5.41) is 6.90. The first kappa shape index (κ1) is 15.7. The highest BCUT2D eigenvalue weighted by molar-refractivity contribution is 7.89. The fraction of sp³-hybridized carbons (Fsp3) is 0.333. The highest BCUT2D eigenvalue weighted by Gasteiger charge is 2.38. The first-order valence-corrected chi connectivity index (χ1v) is 8.06. The second kappa shape index (κ2) is 5.63. The highest BCUT2D eigenvalue weighted by Crippen LogP contribution is 2.30. The summed E-state index contributed by atoms with van der Waals surface area (Å²) in [6.07, 6.45) is -0.210. The quantitative estimate of drug-likeness (QED) is 0.818. The fourth-order valence-electron chi connectivity index (χ4n) is 2.18. The van der Waals surface area contributed by atoms with Gasteiger partial charge < -0.3 is 10.2 Å². The zero-order valence-electron chi connectivity index (χ0n) is 11.2. The van der Waals surface area contributed by atoms with Crippen molar-refractivity contribution < 1.29 is 18.0 Å². The van der Waals surface area contributed by atoms with Crippen molar-refractivity contribution in [3.05, 3.63) is 28.8 Å². The molecule has 1 aliphatic rings. The van der Waals surface area contributed by atoms with E-state index in [-0.39, 0.29) is 24.2 Å². The molecule has 1 aliphatic heterocycles. The number of nitrogens with two attached hydrogens (primary N) is 1. The monoisotopic (exact) mass is 331 g/mol. The molecule has 1 fully saturated rings. The molecule has 0 aliphatic carbocycles. The Balaban J connectivity index is 2.45. The Morgan fingerprint density at radius 3 is 2.67 bits per heavy atom. The zero-order chi connectivity index (χ0) is 15.8. The standard InChI is InChI=1S/C12H14ClN3O4S/c1-15-12(18)9-3-2-7(13)4-10(9)16-6-8(5-11(16)17)21(14,19)20/h2-4,8H,5-6H2,1H3,(H,15,18)(H2,14,19,20). The molecule has 0 saturated carbocycles. The molecule has 3 N–H and O–H groups in total. The predicted molar refractivity (Wildman–Crippen MR) is 78.7 cm³/mol. The maximum absolute atomic E-state index is 12.0. The molecule has 1 saturated heterocycles. The Labute approximate surface area is 127 Å². The van der Waals surface area contributed by atoms with Crippen LogP contribution in [0.3, 0.4) is 0 Å². The van der Waals surface area contributed by atoms with Gasteiger partial charge in [-0.2, -0.15) is 0 Å². The van der Waals surface area contributed by atoms with Crippen LogP contribution in [0.15, 0.2) is 18.2 Å². The molecular formula is C12H14ClN3O4S. The lowest BCUT2D eigenvalue weighted by Gasteiger charge is -2.20. The van der Waals surface area contributed by atoms with Crippen molar-refractivity contribution in [2.45, 2.75) is 11.7 Å². The minimum atomic E-state index is -3.82. The SMILES string of the molecule is CNC(=O)c1ccc(Cl)cc1N1CC(S(N)(=O)=O)CC1=O. The molecule has 0 bridgehead atoms. The summed E-state index contributed by atoms with van der Waals surface area (Å²) in [7, 11) is -2.36. The summed E-state index contributed by atoms with van der Waals surface area (Å²) in [6.45, 7) is -0.0952. The maximum atomic E-state index is 12.0. The van der Waals surface area contributed by atoms with E-state index in [1.165, 1.54) is 30.1 Å². The number of nitrogens with one attached hydrogen (secondary N) is 1. The van der Waals surface area contributed by atoms with Gasteiger partial charge >= 0.3 is 0 Å². The van der Waals surface area contributed by atoms with Gasteiger partial charge in [-0.15, -0.1) is 0 Å². The van der Waals surface area contributed by atoms with Gasteiger partial charge in [0.15, 0.2) is 0 Å². The van der Waals surface area contributed by atoms with Gasteiger partial charge in [-0.3, -0.25) is 9.59 Å². The van der Waals surface area contributed by atoms with Gasteiger partial charge in [-0.05, 0) is 18.2 Å². The van der Waals surface area contributed by atoms with Crippen LogP contribution in [0.25, 0.3) is 0 Å². The summed E-state index contributed by atoms with van der Waals surface area (Å²) in [5.74, 6) is -0.810. The average Bonchev–Trinajstić information content (AvgIpc) is 2.79. The molecule has 21 heavy (non-hydrogen) atoms. The molecule has 1 aromatic rings. The van der Waals surface area contributed by atoms with Crippen LogP contribution < -0.4 is 15.4 Å². The summed E-state index contributed by atoms with van der Waals surface area (Å²) in [6, 6.07) is 4.46. The number of carbonyl (C=O) groups is 2. The van der Waals surface area contributed by atoms with Crippen LogP contribution in [-0.2, 0) is 14.8 Å². The minimum absolute atomic E-state index is 0.0952. The molecule has 1 unspecified atom stereocenters. The number of nitrogens with zero attached hydrogens (tertiary/aromatic N) is 1. The third kappa shape index (κ3) is 3.17. The van der Waals surface area contributed by atoms with Crippen molar-refractivity contribution in [2.24, 2.45) is 5.14 Å². The number of primary sulfonamides is 1. The molecule has 0 radical (unpaired) electrons. The Kier molecular flexibility index (Phi) is 4.22. The largest absolute Gasteiger partial charge is 0.355 e. The second-order valence-corrected chi connectivity index (χ2v) is 6.94. The van der Waals surface area contributed by atoms with Gasteiger partial charge in [0.05, 0.1) is 11.3 Å². The van der Waals surface area contributed by atoms with Crippen LogP contribution in [0.5, 0.6) is 0 Å². The Morgan fingerprint density at radius 1 is 1.48 bits per heavy atom. The number of benzene rings is 1. The van der Waals surface area contributed by atoms with Gasteiger partial charge in [0.2, 0.25) is 15.9 Å². The van der Waals surface area contributed by atoms with E-state index < -0.39 is 27.1 Å². The van der Waals surface area contributed by atoms with E-state index >= 15 is 0 Å². The van der Waals surface area contributed by atoms with Gasteiger partial charge in [0.1, 0.15) is 5.25 Å². The molecule has 2 amide bonds. The molecule has 9 heteroatoms. The Bertz CT molecular complexity index is 704. The number of halogens is 1. The molecule has 1 atom stereocenters. The van der Waals surface area contributed by atoms with Crippen LogP contribution >= 0.6 is 11.6 Å². The number of sulfonamides is 1. The van der Waals surface area contributed by atoms with Crippen LogP contribution in [0.4, 0.5) is 5.69 Å². The van der Waals surface area contributed by atoms with Crippen molar-refractivity contribution >= 4 is 39.1 Å². The van der Waals surface area contributed by atoms with E-state index in [9.17, 15) is 18.0 Å². The molecule has 2 rings (SSSR count). The average molecular weight is 332 g/mol. The van der Waals surface area contributed by atoms with E-state index in [0.29, 0.717) is 5.02 Å². The zero-order valence-corrected chi connectivity index (χ0v) is 12.7. The first-order valence-electron chi connectivity index (χ1n) is 6.07. The van der Waals surface area contributed by atoms with E-state index in [4.69, 9.17) is 16.7 Å². The normalized spacial score (nSPS) is 18.9. The Morgan fingerprint density at radius 2 is 2.14 bits per heavy atom. The van der Waals surface area contributed by atoms with E-state index in [1.54, 1.807) is 0 Å². The molecule has 7 nitrogen and oxygen atoms in total. The van der Waals surface area contributed by atoms with Crippen LogP contribution in [0.2, 0.25) is 5.02 Å². The van der Waals surface area contributed by atoms with Crippen LogP contribution in [0.1, 0.15) is 16.8 Å². The van der Waals surface area contributed by atoms with Crippen molar-refractivity contribution in [1.82, 2.24) is 5.32 Å². The lowest BCUT2D eigenvalue weighted by molar-refractivity contribution is -0.117. The van der Waals surface area contributed by atoms with E-state index in [1.807, 2.05) is 0 Å². The van der Waals surface area contributed by atoms with Gasteiger partial charge in [-0.1, -0.05) is 11.6 Å². The van der Waals surface area contributed by atoms with E-state index in [0.717, 1.165) is 0 Å². The number of anilines is 1. The number of hydrogen-bond donors (Lipinski definition) is 2. The van der Waals surface area contributed by atoms with Crippen molar-refractivity contribution in [2.75, 3.05) is 18.5 Å². The summed E-state index contributed by atoms with van der Waals surface area (Å²) >= 11 is 5.90. The third-order valence-electron chi connectivity index (χ3n) is 3.28. The maximum Gasteiger partial charge on any atom is 0.253 e. The van der Waals surface area contributed by atoms with Gasteiger partial charge in [0.25, 0.3) is 5.91 Å². The molecule has 0 spiro atoms. The molecule has 0 aromatic heterocycles. The number of amides is 2. The third-order valence-corrected chi connectivity index (χ3v) is 4.76. The number of hydrogen-bond acceptors (Lipinski definition) is 4. The molecular weight excluding hydrogens is 318 g/mol. The first-order chi connectivity index (χ1) is 9.74. The topological polar surface area (TPSA) is 110 Å². The fourth-order valence-corrected chi connectivity index (χ4v) is 3.08. The molecule has 1 heterocycles. The van der Waals surface area contributed by atoms with Crippen LogP contribution in [0, 0.1) is 0 Å². The number of carbonyl (C=O) groups excluding carboxylic acids is 2. The van der Waals surface area contributed by atoms with Crippen molar-refractivity contribution in [1.29, 1.82) is 0 Å². The van der Waals surface area contributed by atoms with Gasteiger partial charge in [0, 0.05) is 25.0 Å². The molecule has 1 aromatic carbocycles. The Hall–Kier alpha value is -1.64. The summed E-state index contributed by atoms with van der Waals surface area (Å²) < 4.78 is 22.8. The predicted octanol–water partition coefficient (Wildman–Crippen LogP) is 0.0934. The lowest BCUT2D eigenvalue weighted by atomic mass is 10.1. The van der Waals surface area contributed by atoms with Gasteiger partial charge in [-0.25, -0.2) is 13.6 Å². The van der Waals surface area contributed by atoms with Crippen molar-refractivity contribution in [3.63, 3.8) is 0 Å². The van der Waals surface area contributed by atoms with E-state index in [2.05, 4.69) is 5.32 Å². The number of rotatable bonds is 3. The lowest BCUT2D eigenvalue weighted by Crippen LogP contribution is -2.33. The summed E-state index contributed by atoms with van der Waals surface area (Å²) in [5.41, 5.74) is 0.517. The smallest absolute Gasteiger partial charge is 0.253 e. The highest BCUT2D eigenvalue weighted by atomic mass is 35.5. The second-order valence-electron chi connectivity index (χ2n) is 4.66. The minimum Gasteiger partial charge on any atom is -0.355 e. The summed E-state index contributed by atoms with van der Waals surface area (Å²) in [4.78, 5) is 25.1. The van der Waals surface area contributed by atoms with Crippen molar-refractivity contribution in [3.8, 4) is 0 Å². The molecule has 114 valence electrons.